The molecule has 2 aromatic carbocycles. The molecule has 0 saturated carbocycles. The quantitative estimate of drug-likeness (QED) is 0.734. The standard InChI is InChI=1S/C19H17N3O3S2/c1-2-25-18(24)17-20-22(15-11-7-4-8-12-15)19(27-17)21(16(23)13-26-19)14-9-5-3-6-10-14/h3-12H,2,13H2,1H3/t19-/m0/s1. The van der Waals surface area contributed by atoms with E-state index in [4.69, 9.17) is 4.74 Å². The SMILES string of the molecule is CCOC(=O)C1=NN(c2ccccc2)[C@@]2(SCC(=O)N2c2ccccc2)S1. The second-order valence-corrected chi connectivity index (χ2v) is 8.34. The van der Waals surface area contributed by atoms with Gasteiger partial charge in [-0.15, -0.1) is 0 Å². The molecule has 2 aliphatic rings. The number of carbonyl (C=O) groups is 2. The summed E-state index contributed by atoms with van der Waals surface area (Å²) in [4.78, 5) is 26.9. The van der Waals surface area contributed by atoms with E-state index < -0.39 is 10.3 Å². The number of rotatable bonds is 4. The van der Waals surface area contributed by atoms with Crippen molar-refractivity contribution >= 4 is 51.8 Å². The molecule has 1 spiro atoms. The molecule has 27 heavy (non-hydrogen) atoms. The van der Waals surface area contributed by atoms with E-state index >= 15 is 0 Å². The third-order valence-corrected chi connectivity index (χ3v) is 6.86. The van der Waals surface area contributed by atoms with E-state index in [0.717, 1.165) is 11.4 Å². The Hall–Kier alpha value is -2.45. The maximum atomic E-state index is 12.8. The molecule has 1 amide bonds. The molecule has 1 atom stereocenters. The predicted molar refractivity (Wildman–Crippen MR) is 110 cm³/mol. The molecule has 2 aliphatic heterocycles. The number of anilines is 2. The van der Waals surface area contributed by atoms with Crippen molar-refractivity contribution in [3.05, 3.63) is 60.7 Å². The minimum absolute atomic E-state index is 0.0278. The number of amides is 1. The van der Waals surface area contributed by atoms with Crippen LogP contribution in [-0.4, -0.2) is 33.6 Å². The Morgan fingerprint density at radius 3 is 2.37 bits per heavy atom. The lowest BCUT2D eigenvalue weighted by atomic mass is 10.3. The maximum absolute atomic E-state index is 12.8. The number of para-hydroxylation sites is 2. The monoisotopic (exact) mass is 399 g/mol. The molecule has 1 fully saturated rings. The van der Waals surface area contributed by atoms with Gasteiger partial charge >= 0.3 is 5.97 Å². The lowest BCUT2D eigenvalue weighted by molar-refractivity contribution is -0.134. The number of carbonyl (C=O) groups excluding carboxylic acids is 2. The molecule has 0 radical (unpaired) electrons. The van der Waals surface area contributed by atoms with Crippen molar-refractivity contribution in [2.75, 3.05) is 22.3 Å². The summed E-state index contributed by atoms with van der Waals surface area (Å²) in [6.45, 7) is 2.03. The van der Waals surface area contributed by atoms with Gasteiger partial charge in [-0.25, -0.2) is 9.80 Å². The highest BCUT2D eigenvalue weighted by atomic mass is 32.2. The van der Waals surface area contributed by atoms with Crippen LogP contribution in [0.5, 0.6) is 0 Å². The number of esters is 1. The summed E-state index contributed by atoms with van der Waals surface area (Å²) in [5, 5.41) is 6.53. The van der Waals surface area contributed by atoms with E-state index in [1.54, 1.807) is 16.8 Å². The molecule has 0 bridgehead atoms. The lowest BCUT2D eigenvalue weighted by Gasteiger charge is -2.38. The summed E-state index contributed by atoms with van der Waals surface area (Å²) in [7, 11) is 0. The van der Waals surface area contributed by atoms with Gasteiger partial charge < -0.3 is 4.74 Å². The first kappa shape index (κ1) is 17.9. The first-order valence-electron chi connectivity index (χ1n) is 8.48. The van der Waals surface area contributed by atoms with Gasteiger partial charge in [0.15, 0.2) is 0 Å². The van der Waals surface area contributed by atoms with Gasteiger partial charge in [0, 0.05) is 5.69 Å². The van der Waals surface area contributed by atoms with Crippen molar-refractivity contribution in [2.45, 2.75) is 11.3 Å². The lowest BCUT2D eigenvalue weighted by Crippen LogP contribution is -2.51. The Morgan fingerprint density at radius 1 is 1.11 bits per heavy atom. The van der Waals surface area contributed by atoms with Gasteiger partial charge in [0.05, 0.1) is 18.0 Å². The molecule has 2 aromatic rings. The molecule has 8 heteroatoms. The zero-order valence-corrected chi connectivity index (χ0v) is 16.2. The third kappa shape index (κ3) is 3.08. The minimum atomic E-state index is -0.901. The molecule has 1 saturated heterocycles. The van der Waals surface area contributed by atoms with Gasteiger partial charge in [-0.2, -0.15) is 5.10 Å². The Kier molecular flexibility index (Phi) is 4.84. The molecule has 0 aliphatic carbocycles. The average molecular weight is 399 g/mol. The molecule has 4 rings (SSSR count). The van der Waals surface area contributed by atoms with Crippen LogP contribution < -0.4 is 9.91 Å². The number of hydrogen-bond acceptors (Lipinski definition) is 7. The van der Waals surface area contributed by atoms with Crippen LogP contribution >= 0.6 is 23.5 Å². The van der Waals surface area contributed by atoms with Crippen LogP contribution in [0.25, 0.3) is 0 Å². The van der Waals surface area contributed by atoms with Crippen molar-refractivity contribution in [3.63, 3.8) is 0 Å². The zero-order chi connectivity index (χ0) is 18.9. The summed E-state index contributed by atoms with van der Waals surface area (Å²) < 4.78 is 4.25. The zero-order valence-electron chi connectivity index (χ0n) is 14.6. The van der Waals surface area contributed by atoms with Crippen molar-refractivity contribution < 1.29 is 14.3 Å². The second-order valence-electron chi connectivity index (χ2n) is 5.78. The molecule has 0 unspecified atom stereocenters. The number of benzene rings is 2. The highest BCUT2D eigenvalue weighted by Gasteiger charge is 2.58. The number of thioether (sulfide) groups is 2. The van der Waals surface area contributed by atoms with Gasteiger partial charge in [-0.1, -0.05) is 48.2 Å². The van der Waals surface area contributed by atoms with E-state index in [1.165, 1.54) is 23.5 Å². The van der Waals surface area contributed by atoms with Crippen LogP contribution in [0.4, 0.5) is 11.4 Å². The number of hydrazone groups is 1. The Morgan fingerprint density at radius 2 is 1.74 bits per heavy atom. The smallest absolute Gasteiger partial charge is 0.365 e. The van der Waals surface area contributed by atoms with Crippen LogP contribution in [-0.2, 0) is 14.3 Å². The number of nitrogens with zero attached hydrogens (tertiary/aromatic N) is 3. The highest BCUT2D eigenvalue weighted by Crippen LogP contribution is 2.55. The first-order valence-corrected chi connectivity index (χ1v) is 10.3. The van der Waals surface area contributed by atoms with Crippen molar-refractivity contribution in [3.8, 4) is 0 Å². The van der Waals surface area contributed by atoms with Crippen LogP contribution in [0.15, 0.2) is 65.8 Å². The van der Waals surface area contributed by atoms with E-state index in [2.05, 4.69) is 5.10 Å². The maximum Gasteiger partial charge on any atom is 0.365 e. The average Bonchev–Trinajstić information content (AvgIpc) is 3.24. The topological polar surface area (TPSA) is 62.2 Å². The molecule has 2 heterocycles. The normalized spacial score (nSPS) is 21.7. The summed E-state index contributed by atoms with van der Waals surface area (Å²) in [5.41, 5.74) is 1.56. The van der Waals surface area contributed by atoms with Gasteiger partial charge in [0.2, 0.25) is 15.3 Å². The van der Waals surface area contributed by atoms with Crippen LogP contribution in [0.1, 0.15) is 6.92 Å². The Labute approximate surface area is 165 Å². The fourth-order valence-electron chi connectivity index (χ4n) is 2.97. The molecule has 6 nitrogen and oxygen atoms in total. The molecular formula is C19H17N3O3S2. The second kappa shape index (κ2) is 7.28. The van der Waals surface area contributed by atoms with Crippen LogP contribution in [0, 0.1) is 0 Å². The predicted octanol–water partition coefficient (Wildman–Crippen LogP) is 3.51. The molecule has 138 valence electrons. The van der Waals surface area contributed by atoms with Crippen LogP contribution in [0.2, 0.25) is 0 Å². The van der Waals surface area contributed by atoms with E-state index in [1.807, 2.05) is 60.7 Å². The van der Waals surface area contributed by atoms with Crippen LogP contribution in [0.3, 0.4) is 0 Å². The van der Waals surface area contributed by atoms with Crippen molar-refractivity contribution in [1.82, 2.24) is 0 Å². The Balaban J connectivity index is 1.81. The summed E-state index contributed by atoms with van der Waals surface area (Å²) >= 11 is 2.70. The largest absolute Gasteiger partial charge is 0.461 e. The molecule has 0 N–H and O–H groups in total. The van der Waals surface area contributed by atoms with E-state index in [0.29, 0.717) is 5.75 Å². The Bertz CT molecular complexity index is 892. The van der Waals surface area contributed by atoms with Gasteiger partial charge in [0.1, 0.15) is 0 Å². The van der Waals surface area contributed by atoms with E-state index in [9.17, 15) is 9.59 Å². The van der Waals surface area contributed by atoms with Crippen molar-refractivity contribution in [1.29, 1.82) is 0 Å². The van der Waals surface area contributed by atoms with Gasteiger partial charge in [0.25, 0.3) is 0 Å². The fourth-order valence-corrected chi connectivity index (χ4v) is 5.71. The third-order valence-electron chi connectivity index (χ3n) is 4.07. The highest BCUT2D eigenvalue weighted by molar-refractivity contribution is 8.28. The summed E-state index contributed by atoms with van der Waals surface area (Å²) in [6, 6.07) is 19.0. The molecular weight excluding hydrogens is 382 g/mol. The van der Waals surface area contributed by atoms with Gasteiger partial charge in [-0.3, -0.25) is 9.69 Å². The van der Waals surface area contributed by atoms with E-state index in [-0.39, 0.29) is 17.6 Å². The number of ether oxygens (including phenoxy) is 1. The van der Waals surface area contributed by atoms with Crippen molar-refractivity contribution in [2.24, 2.45) is 5.10 Å². The first-order chi connectivity index (χ1) is 13.2. The number of hydrogen-bond donors (Lipinski definition) is 0. The minimum Gasteiger partial charge on any atom is -0.461 e. The summed E-state index contributed by atoms with van der Waals surface area (Å²) in [5.74, 6) is -0.204. The molecule has 0 aromatic heterocycles. The fraction of sp³-hybridized carbons (Fsp3) is 0.211. The summed E-state index contributed by atoms with van der Waals surface area (Å²) in [6.07, 6.45) is 0. The van der Waals surface area contributed by atoms with Gasteiger partial charge in [-0.05, 0) is 43.0 Å².